The van der Waals surface area contributed by atoms with Crippen molar-refractivity contribution in [1.82, 2.24) is 14.1 Å². The lowest BCUT2D eigenvalue weighted by atomic mass is 9.83. The van der Waals surface area contributed by atoms with Crippen molar-refractivity contribution in [1.29, 1.82) is 0 Å². The Balaban J connectivity index is 1.45. The molecule has 0 amide bonds. The summed E-state index contributed by atoms with van der Waals surface area (Å²) in [5, 5.41) is 0. The Labute approximate surface area is 224 Å². The molecule has 2 aromatic carbocycles. The molecule has 0 bridgehead atoms. The predicted molar refractivity (Wildman–Crippen MR) is 152 cm³/mol. The molecular weight excluding hydrogens is 488 g/mol. The first-order chi connectivity index (χ1) is 18.6. The quantitative estimate of drug-likeness (QED) is 0.336. The largest absolute Gasteiger partial charge is 0.316 e. The molecule has 0 saturated carbocycles. The van der Waals surface area contributed by atoms with E-state index in [1.807, 2.05) is 35.0 Å². The number of nitrogens with zero attached hydrogens (tertiary/aromatic N) is 4. The Bertz CT molecular complexity index is 1910. The summed E-state index contributed by atoms with van der Waals surface area (Å²) in [6.07, 6.45) is 7.52. The van der Waals surface area contributed by atoms with Gasteiger partial charge >= 0.3 is 0 Å². The molecule has 5 nitrogen and oxygen atoms in total. The van der Waals surface area contributed by atoms with Gasteiger partial charge in [0.05, 0.1) is 28.2 Å². The average Bonchev–Trinajstić information content (AvgIpc) is 3.42. The van der Waals surface area contributed by atoms with Gasteiger partial charge in [-0.15, -0.1) is 0 Å². The van der Waals surface area contributed by atoms with E-state index in [9.17, 15) is 4.79 Å². The first-order valence-corrected chi connectivity index (χ1v) is 13.7. The minimum absolute atomic E-state index is 0.0131. The van der Waals surface area contributed by atoms with Gasteiger partial charge < -0.3 is 4.57 Å². The molecule has 0 fully saturated rings. The van der Waals surface area contributed by atoms with Crippen LogP contribution in [0.15, 0.2) is 101 Å². The van der Waals surface area contributed by atoms with E-state index in [2.05, 4.69) is 78.0 Å². The number of hydrogen-bond donors (Lipinski definition) is 0. The van der Waals surface area contributed by atoms with Crippen LogP contribution in [0.1, 0.15) is 46.1 Å². The standard InChI is InChI=1S/C32H26N4OS/c1-20-17-24(21(2)35(20)25-12-8-16-33-19-25)18-28-31(37)36-30(23-10-4-3-5-11-23)27-15-14-22-9-6-7-13-26(22)29(27)34-32(36)38-28/h3-13,16-19,30H,14-15H2,1-2H3/b28-18-/t30-/m0/s1. The molecular formula is C32H26N4OS. The molecule has 0 unspecified atom stereocenters. The molecule has 1 atom stereocenters. The van der Waals surface area contributed by atoms with Gasteiger partial charge in [0.2, 0.25) is 0 Å². The fourth-order valence-electron chi connectivity index (χ4n) is 5.92. The molecule has 0 spiro atoms. The number of benzene rings is 2. The summed E-state index contributed by atoms with van der Waals surface area (Å²) >= 11 is 1.48. The van der Waals surface area contributed by atoms with Crippen LogP contribution in [-0.4, -0.2) is 14.1 Å². The summed E-state index contributed by atoms with van der Waals surface area (Å²) in [6, 6.07) is 24.9. The van der Waals surface area contributed by atoms with Gasteiger partial charge in [-0.2, -0.15) is 0 Å². The van der Waals surface area contributed by atoms with E-state index in [1.54, 1.807) is 6.20 Å². The van der Waals surface area contributed by atoms with Crippen molar-refractivity contribution in [3.05, 3.63) is 144 Å². The highest BCUT2D eigenvalue weighted by atomic mass is 32.1. The predicted octanol–water partition coefficient (Wildman–Crippen LogP) is 5.12. The van der Waals surface area contributed by atoms with Crippen LogP contribution in [0, 0.1) is 13.8 Å². The zero-order valence-electron chi connectivity index (χ0n) is 21.3. The highest BCUT2D eigenvalue weighted by Gasteiger charge is 2.32. The van der Waals surface area contributed by atoms with Crippen LogP contribution in [0.5, 0.6) is 0 Å². The van der Waals surface area contributed by atoms with Gasteiger partial charge in [0.25, 0.3) is 5.56 Å². The zero-order valence-corrected chi connectivity index (χ0v) is 22.1. The van der Waals surface area contributed by atoms with E-state index in [0.29, 0.717) is 4.53 Å². The van der Waals surface area contributed by atoms with E-state index >= 15 is 0 Å². The molecule has 186 valence electrons. The smallest absolute Gasteiger partial charge is 0.271 e. The summed E-state index contributed by atoms with van der Waals surface area (Å²) in [4.78, 5) is 24.2. The van der Waals surface area contributed by atoms with Gasteiger partial charge in [0.15, 0.2) is 4.80 Å². The maximum absolute atomic E-state index is 14.0. The Kier molecular flexibility index (Phi) is 5.37. The molecule has 0 saturated heterocycles. The van der Waals surface area contributed by atoms with Crippen LogP contribution in [-0.2, 0) is 6.42 Å². The second-order valence-corrected chi connectivity index (χ2v) is 10.9. The van der Waals surface area contributed by atoms with Crippen molar-refractivity contribution in [3.8, 4) is 5.69 Å². The van der Waals surface area contributed by atoms with Crippen molar-refractivity contribution in [3.63, 3.8) is 0 Å². The molecule has 2 aliphatic rings. The highest BCUT2D eigenvalue weighted by molar-refractivity contribution is 7.07. The number of rotatable bonds is 3. The van der Waals surface area contributed by atoms with Gasteiger partial charge in [-0.1, -0.05) is 65.9 Å². The third-order valence-corrected chi connectivity index (χ3v) is 8.63. The van der Waals surface area contributed by atoms with Crippen molar-refractivity contribution in [2.45, 2.75) is 32.7 Å². The average molecular weight is 515 g/mol. The van der Waals surface area contributed by atoms with E-state index < -0.39 is 0 Å². The normalized spacial score (nSPS) is 16.6. The SMILES string of the molecule is Cc1cc(/C=c2\sc3n(c2=O)[C@@H](c2ccccc2)C2=C(N=3)c3ccccc3CC2)c(C)n1-c1cccnc1. The molecule has 3 aromatic heterocycles. The van der Waals surface area contributed by atoms with Gasteiger partial charge in [-0.05, 0) is 73.2 Å². The lowest BCUT2D eigenvalue weighted by Gasteiger charge is -2.30. The van der Waals surface area contributed by atoms with Crippen molar-refractivity contribution in [2.24, 2.45) is 4.99 Å². The zero-order chi connectivity index (χ0) is 25.8. The van der Waals surface area contributed by atoms with Gasteiger partial charge in [-0.25, -0.2) is 4.99 Å². The third kappa shape index (κ3) is 3.56. The van der Waals surface area contributed by atoms with Crippen LogP contribution in [0.25, 0.3) is 17.5 Å². The van der Waals surface area contributed by atoms with Crippen LogP contribution in [0.2, 0.25) is 0 Å². The Hall–Kier alpha value is -4.29. The van der Waals surface area contributed by atoms with Crippen LogP contribution < -0.4 is 14.9 Å². The number of pyridine rings is 1. The third-order valence-electron chi connectivity index (χ3n) is 7.65. The van der Waals surface area contributed by atoms with Gasteiger partial charge in [-0.3, -0.25) is 14.3 Å². The second-order valence-electron chi connectivity index (χ2n) is 9.90. The fourth-order valence-corrected chi connectivity index (χ4v) is 6.91. The van der Waals surface area contributed by atoms with Crippen LogP contribution in [0.3, 0.4) is 0 Å². The van der Waals surface area contributed by atoms with Crippen molar-refractivity contribution < 1.29 is 0 Å². The summed E-state index contributed by atoms with van der Waals surface area (Å²) < 4.78 is 4.79. The van der Waals surface area contributed by atoms with Crippen molar-refractivity contribution in [2.75, 3.05) is 0 Å². The van der Waals surface area contributed by atoms with Crippen molar-refractivity contribution >= 4 is 23.1 Å². The first kappa shape index (κ1) is 22.9. The monoisotopic (exact) mass is 514 g/mol. The fraction of sp³-hybridized carbons (Fsp3) is 0.156. The van der Waals surface area contributed by atoms with E-state index in [-0.39, 0.29) is 11.6 Å². The Morgan fingerprint density at radius 1 is 0.974 bits per heavy atom. The number of aromatic nitrogens is 3. The lowest BCUT2D eigenvalue weighted by Crippen LogP contribution is -2.38. The number of allylic oxidation sites excluding steroid dienone is 1. The molecule has 4 heterocycles. The van der Waals surface area contributed by atoms with Gasteiger partial charge in [0.1, 0.15) is 0 Å². The summed E-state index contributed by atoms with van der Waals surface area (Å²) in [7, 11) is 0. The summed E-state index contributed by atoms with van der Waals surface area (Å²) in [5.74, 6) is 0. The Morgan fingerprint density at radius 2 is 1.79 bits per heavy atom. The minimum Gasteiger partial charge on any atom is -0.316 e. The molecule has 1 aliphatic heterocycles. The van der Waals surface area contributed by atoms with Gasteiger partial charge in [0, 0.05) is 23.1 Å². The number of fused-ring (bicyclic) bond motifs is 3. The molecule has 6 heteroatoms. The first-order valence-electron chi connectivity index (χ1n) is 12.9. The maximum atomic E-state index is 14.0. The van der Waals surface area contributed by atoms with E-state index in [4.69, 9.17) is 4.99 Å². The highest BCUT2D eigenvalue weighted by Crippen LogP contribution is 2.41. The van der Waals surface area contributed by atoms with E-state index in [1.165, 1.54) is 28.0 Å². The number of thiazole rings is 1. The summed E-state index contributed by atoms with van der Waals surface area (Å²) in [6.45, 7) is 4.17. The lowest BCUT2D eigenvalue weighted by molar-refractivity contribution is 0.585. The molecule has 7 rings (SSSR count). The van der Waals surface area contributed by atoms with E-state index in [0.717, 1.165) is 51.5 Å². The van der Waals surface area contributed by atoms with Crippen LogP contribution in [0.4, 0.5) is 0 Å². The number of aryl methyl sites for hydroxylation is 2. The second kappa shape index (κ2) is 8.92. The maximum Gasteiger partial charge on any atom is 0.271 e. The topological polar surface area (TPSA) is 52.2 Å². The Morgan fingerprint density at radius 3 is 2.61 bits per heavy atom. The molecule has 0 radical (unpaired) electrons. The molecule has 38 heavy (non-hydrogen) atoms. The summed E-state index contributed by atoms with van der Waals surface area (Å²) in [5.41, 5.74) is 10.1. The molecule has 1 aliphatic carbocycles. The van der Waals surface area contributed by atoms with Crippen LogP contribution >= 0.6 is 11.3 Å². The number of hydrogen-bond acceptors (Lipinski definition) is 4. The minimum atomic E-state index is -0.152. The molecule has 5 aromatic rings. The molecule has 0 N–H and O–H groups in total.